The van der Waals surface area contributed by atoms with Crippen LogP contribution in [0.3, 0.4) is 0 Å². The van der Waals surface area contributed by atoms with Crippen LogP contribution in [0.4, 0.5) is 0 Å². The predicted octanol–water partition coefficient (Wildman–Crippen LogP) is 1.27. The summed E-state index contributed by atoms with van der Waals surface area (Å²) in [4.78, 5) is -0.196. The van der Waals surface area contributed by atoms with E-state index >= 15 is 0 Å². The van der Waals surface area contributed by atoms with Gasteiger partial charge in [-0.15, -0.1) is 0 Å². The zero-order valence-electron chi connectivity index (χ0n) is 9.17. The Hall–Kier alpha value is -0.880. The van der Waals surface area contributed by atoms with Crippen LogP contribution < -0.4 is 0 Å². The Balaban J connectivity index is 3.57. The molecule has 0 aliphatic rings. The number of sulfone groups is 2. The maximum atomic E-state index is 11.7. The third kappa shape index (κ3) is 2.44. The van der Waals surface area contributed by atoms with Crippen LogP contribution in [0.2, 0.25) is 0 Å². The van der Waals surface area contributed by atoms with Gasteiger partial charge in [0.15, 0.2) is 19.7 Å². The van der Waals surface area contributed by atoms with Crippen LogP contribution in [0.15, 0.2) is 34.1 Å². The summed E-state index contributed by atoms with van der Waals surface area (Å²) in [5.74, 6) is -0.216. The summed E-state index contributed by atoms with van der Waals surface area (Å²) in [7, 11) is -7.00. The standard InChI is InChI=1S/C10H14O4S2/c1-3-15(11,12)9-7-5-6-8-10(9)16(13,14)4-2/h5-8H,3-4H2,1-2H3. The molecule has 0 heterocycles. The van der Waals surface area contributed by atoms with E-state index in [1.165, 1.54) is 38.1 Å². The molecule has 1 aromatic carbocycles. The Morgan fingerprint density at radius 3 is 1.38 bits per heavy atom. The van der Waals surface area contributed by atoms with E-state index < -0.39 is 19.7 Å². The molecule has 0 saturated carbocycles. The second-order valence-electron chi connectivity index (χ2n) is 3.25. The molecule has 1 aromatic rings. The van der Waals surface area contributed by atoms with Crippen molar-refractivity contribution >= 4 is 19.7 Å². The third-order valence-electron chi connectivity index (χ3n) is 2.28. The van der Waals surface area contributed by atoms with Gasteiger partial charge in [-0.2, -0.15) is 0 Å². The van der Waals surface area contributed by atoms with E-state index in [9.17, 15) is 16.8 Å². The minimum absolute atomic E-state index is 0.0978. The van der Waals surface area contributed by atoms with Crippen LogP contribution >= 0.6 is 0 Å². The fourth-order valence-electron chi connectivity index (χ4n) is 1.28. The van der Waals surface area contributed by atoms with Crippen LogP contribution in [0.1, 0.15) is 13.8 Å². The Morgan fingerprint density at radius 2 is 1.12 bits per heavy atom. The first-order chi connectivity index (χ1) is 7.35. The Labute approximate surface area is 96.1 Å². The Kier molecular flexibility index (Phi) is 3.75. The first-order valence-electron chi connectivity index (χ1n) is 4.89. The smallest absolute Gasteiger partial charge is 0.179 e. The molecule has 0 unspecified atom stereocenters. The van der Waals surface area contributed by atoms with Gasteiger partial charge in [0.2, 0.25) is 0 Å². The number of rotatable bonds is 4. The zero-order chi connectivity index (χ0) is 12.4. The predicted molar refractivity (Wildman–Crippen MR) is 61.9 cm³/mol. The second kappa shape index (κ2) is 4.55. The van der Waals surface area contributed by atoms with Gasteiger partial charge in [-0.3, -0.25) is 0 Å². The molecule has 0 radical (unpaired) electrons. The fraction of sp³-hybridized carbons (Fsp3) is 0.400. The van der Waals surface area contributed by atoms with Crippen molar-refractivity contribution < 1.29 is 16.8 Å². The molecular weight excluding hydrogens is 248 g/mol. The van der Waals surface area contributed by atoms with Crippen LogP contribution in [-0.4, -0.2) is 28.3 Å². The minimum Gasteiger partial charge on any atom is -0.224 e. The molecule has 1 rings (SSSR count). The lowest BCUT2D eigenvalue weighted by Gasteiger charge is -2.08. The van der Waals surface area contributed by atoms with E-state index in [4.69, 9.17) is 0 Å². The number of benzene rings is 1. The molecule has 0 aliphatic heterocycles. The van der Waals surface area contributed by atoms with E-state index in [2.05, 4.69) is 0 Å². The summed E-state index contributed by atoms with van der Waals surface area (Å²) in [6, 6.07) is 5.72. The highest BCUT2D eigenvalue weighted by Gasteiger charge is 2.23. The van der Waals surface area contributed by atoms with Gasteiger partial charge in [-0.25, -0.2) is 16.8 Å². The van der Waals surface area contributed by atoms with Crippen molar-refractivity contribution in [3.8, 4) is 0 Å². The van der Waals surface area contributed by atoms with Crippen LogP contribution in [0.5, 0.6) is 0 Å². The van der Waals surface area contributed by atoms with E-state index in [1.807, 2.05) is 0 Å². The average molecular weight is 262 g/mol. The van der Waals surface area contributed by atoms with Crippen molar-refractivity contribution in [2.45, 2.75) is 23.6 Å². The average Bonchev–Trinajstić information content (AvgIpc) is 2.29. The molecule has 16 heavy (non-hydrogen) atoms. The lowest BCUT2D eigenvalue weighted by Crippen LogP contribution is -2.12. The van der Waals surface area contributed by atoms with Crippen molar-refractivity contribution in [2.75, 3.05) is 11.5 Å². The molecule has 6 heteroatoms. The van der Waals surface area contributed by atoms with Gasteiger partial charge in [0.05, 0.1) is 21.3 Å². The highest BCUT2D eigenvalue weighted by Crippen LogP contribution is 2.22. The van der Waals surface area contributed by atoms with Crippen molar-refractivity contribution in [1.82, 2.24) is 0 Å². The van der Waals surface area contributed by atoms with Gasteiger partial charge >= 0.3 is 0 Å². The molecule has 0 amide bonds. The van der Waals surface area contributed by atoms with Gasteiger partial charge in [0, 0.05) is 0 Å². The summed E-state index contributed by atoms with van der Waals surface area (Å²) in [5, 5.41) is 0. The summed E-state index contributed by atoms with van der Waals surface area (Å²) in [6.07, 6.45) is 0. The number of hydrogen-bond donors (Lipinski definition) is 0. The van der Waals surface area contributed by atoms with Gasteiger partial charge < -0.3 is 0 Å². The largest absolute Gasteiger partial charge is 0.224 e. The summed E-state index contributed by atoms with van der Waals surface area (Å²) in [6.45, 7) is 2.98. The van der Waals surface area contributed by atoms with Crippen molar-refractivity contribution in [3.05, 3.63) is 24.3 Å². The maximum absolute atomic E-state index is 11.7. The minimum atomic E-state index is -3.50. The van der Waals surface area contributed by atoms with Gasteiger partial charge in [0.25, 0.3) is 0 Å². The Bertz CT molecular complexity index is 518. The van der Waals surface area contributed by atoms with Gasteiger partial charge in [-0.05, 0) is 12.1 Å². The molecule has 0 spiro atoms. The quantitative estimate of drug-likeness (QED) is 0.819. The van der Waals surface area contributed by atoms with Crippen molar-refractivity contribution in [3.63, 3.8) is 0 Å². The molecular formula is C10H14O4S2. The summed E-state index contributed by atoms with van der Waals surface area (Å²) >= 11 is 0. The molecule has 90 valence electrons. The first-order valence-corrected chi connectivity index (χ1v) is 8.20. The normalized spacial score (nSPS) is 12.6. The molecule has 0 fully saturated rings. The summed E-state index contributed by atoms with van der Waals surface area (Å²) < 4.78 is 46.9. The first kappa shape index (κ1) is 13.2. The monoisotopic (exact) mass is 262 g/mol. The highest BCUT2D eigenvalue weighted by molar-refractivity contribution is 7.94. The van der Waals surface area contributed by atoms with Gasteiger partial charge in [-0.1, -0.05) is 26.0 Å². The van der Waals surface area contributed by atoms with Gasteiger partial charge in [0.1, 0.15) is 0 Å². The lowest BCUT2D eigenvalue weighted by molar-refractivity contribution is 0.584. The molecule has 4 nitrogen and oxygen atoms in total. The molecule has 0 N–H and O–H groups in total. The zero-order valence-corrected chi connectivity index (χ0v) is 10.8. The second-order valence-corrected chi connectivity index (χ2v) is 7.75. The van der Waals surface area contributed by atoms with Crippen LogP contribution in [0.25, 0.3) is 0 Å². The highest BCUT2D eigenvalue weighted by atomic mass is 32.2. The van der Waals surface area contributed by atoms with E-state index in [0.717, 1.165) is 0 Å². The lowest BCUT2D eigenvalue weighted by atomic mass is 10.4. The van der Waals surface area contributed by atoms with Crippen LogP contribution in [-0.2, 0) is 19.7 Å². The van der Waals surface area contributed by atoms with Crippen LogP contribution in [0, 0.1) is 0 Å². The Morgan fingerprint density at radius 1 is 0.812 bits per heavy atom. The van der Waals surface area contributed by atoms with E-state index in [-0.39, 0.29) is 21.3 Å². The topological polar surface area (TPSA) is 68.3 Å². The van der Waals surface area contributed by atoms with Crippen molar-refractivity contribution in [2.24, 2.45) is 0 Å². The van der Waals surface area contributed by atoms with E-state index in [1.54, 1.807) is 0 Å². The number of hydrogen-bond acceptors (Lipinski definition) is 4. The molecule has 0 bridgehead atoms. The molecule has 0 atom stereocenters. The van der Waals surface area contributed by atoms with E-state index in [0.29, 0.717) is 0 Å². The maximum Gasteiger partial charge on any atom is 0.179 e. The SMILES string of the molecule is CCS(=O)(=O)c1ccccc1S(=O)(=O)CC. The molecule has 0 saturated heterocycles. The summed E-state index contributed by atoms with van der Waals surface area (Å²) in [5.41, 5.74) is 0. The fourth-order valence-corrected chi connectivity index (χ4v) is 3.98. The molecule has 0 aliphatic carbocycles. The molecule has 0 aromatic heterocycles. The third-order valence-corrected chi connectivity index (χ3v) is 5.98. The van der Waals surface area contributed by atoms with Crippen molar-refractivity contribution in [1.29, 1.82) is 0 Å².